The van der Waals surface area contributed by atoms with Gasteiger partial charge in [-0.25, -0.2) is 4.79 Å². The second-order valence-electron chi connectivity index (χ2n) is 9.05. The molecule has 4 amide bonds. The molecule has 1 aromatic carbocycles. The molecule has 226 valence electrons. The number of amides is 4. The third-order valence-corrected chi connectivity index (χ3v) is 5.61. The molecular formula is C24H36N8O9. The van der Waals surface area contributed by atoms with Gasteiger partial charge in [0, 0.05) is 19.4 Å². The molecule has 17 heteroatoms. The van der Waals surface area contributed by atoms with E-state index < -0.39 is 66.2 Å². The average Bonchev–Trinajstić information content (AvgIpc) is 2.88. The van der Waals surface area contributed by atoms with Crippen molar-refractivity contribution in [2.24, 2.45) is 27.9 Å². The lowest BCUT2D eigenvalue weighted by Crippen LogP contribution is -2.58. The molecule has 14 N–H and O–H groups in total. The van der Waals surface area contributed by atoms with Crippen molar-refractivity contribution in [1.29, 1.82) is 0 Å². The third-order valence-electron chi connectivity index (χ3n) is 5.61. The van der Waals surface area contributed by atoms with Gasteiger partial charge < -0.3 is 54.2 Å². The zero-order valence-corrected chi connectivity index (χ0v) is 22.1. The highest BCUT2D eigenvalue weighted by Crippen LogP contribution is 2.12. The summed E-state index contributed by atoms with van der Waals surface area (Å²) in [7, 11) is 0. The minimum Gasteiger partial charge on any atom is -0.508 e. The van der Waals surface area contributed by atoms with Crippen LogP contribution in [-0.4, -0.2) is 87.6 Å². The van der Waals surface area contributed by atoms with Crippen LogP contribution in [0.15, 0.2) is 29.3 Å². The van der Waals surface area contributed by atoms with Gasteiger partial charge in [-0.15, -0.1) is 0 Å². The first kappa shape index (κ1) is 34.1. The van der Waals surface area contributed by atoms with E-state index in [1.165, 1.54) is 24.3 Å². The van der Waals surface area contributed by atoms with E-state index in [2.05, 4.69) is 20.9 Å². The lowest BCUT2D eigenvalue weighted by molar-refractivity contribution is -0.143. The first-order valence-corrected chi connectivity index (χ1v) is 12.4. The second-order valence-corrected chi connectivity index (χ2v) is 9.05. The number of phenolic OH excluding ortho intramolecular Hbond substituents is 1. The van der Waals surface area contributed by atoms with Crippen LogP contribution in [0.3, 0.4) is 0 Å². The number of benzene rings is 1. The molecule has 4 unspecified atom stereocenters. The number of carboxylic acid groups (broad SMARTS) is 2. The highest BCUT2D eigenvalue weighted by atomic mass is 16.4. The normalized spacial score (nSPS) is 13.5. The number of aliphatic carboxylic acids is 2. The van der Waals surface area contributed by atoms with Crippen molar-refractivity contribution in [3.05, 3.63) is 29.8 Å². The Bertz CT molecular complexity index is 1120. The summed E-state index contributed by atoms with van der Waals surface area (Å²) in [6.45, 7) is 0.0951. The van der Waals surface area contributed by atoms with Crippen LogP contribution < -0.4 is 38.9 Å². The minimum atomic E-state index is -1.68. The van der Waals surface area contributed by atoms with E-state index in [0.717, 1.165) is 0 Å². The molecule has 0 heterocycles. The Hall–Kier alpha value is -4.93. The van der Waals surface area contributed by atoms with Gasteiger partial charge in [0.2, 0.25) is 23.6 Å². The molecule has 0 bridgehead atoms. The van der Waals surface area contributed by atoms with Gasteiger partial charge in [-0.05, 0) is 37.0 Å². The van der Waals surface area contributed by atoms with Crippen molar-refractivity contribution < 1.29 is 44.1 Å². The number of guanidine groups is 1. The summed E-state index contributed by atoms with van der Waals surface area (Å²) in [5, 5.41) is 34.8. The minimum absolute atomic E-state index is 0.0209. The highest BCUT2D eigenvalue weighted by molar-refractivity contribution is 5.95. The van der Waals surface area contributed by atoms with Crippen molar-refractivity contribution in [3.8, 4) is 5.75 Å². The standard InChI is InChI=1S/C24H36N8O9/c25-14(7-8-19(35)36)20(37)30-15(2-1-9-29-24(27)28)21(38)31-16(10-12-3-5-13(33)6-4-12)22(39)32-17(23(40)41)11-18(26)34/h3-6,14-17,33H,1-2,7-11,25H2,(H2,26,34)(H,30,37)(H,31,38)(H,32,39)(H,35,36)(H,40,41)(H4,27,28,29). The molecule has 0 aliphatic rings. The van der Waals surface area contributed by atoms with Crippen LogP contribution in [-0.2, 0) is 35.2 Å². The number of nitrogens with two attached hydrogens (primary N) is 4. The number of primary amides is 1. The Balaban J connectivity index is 3.20. The van der Waals surface area contributed by atoms with Crippen LogP contribution >= 0.6 is 0 Å². The Kier molecular flexibility index (Phi) is 14.1. The van der Waals surface area contributed by atoms with E-state index in [-0.39, 0.29) is 50.4 Å². The zero-order valence-electron chi connectivity index (χ0n) is 22.1. The number of rotatable bonds is 18. The summed E-state index contributed by atoms with van der Waals surface area (Å²) in [5.41, 5.74) is 21.9. The first-order chi connectivity index (χ1) is 19.2. The predicted molar refractivity (Wildman–Crippen MR) is 144 cm³/mol. The molecule has 0 fully saturated rings. The number of aromatic hydroxyl groups is 1. The fourth-order valence-electron chi connectivity index (χ4n) is 3.48. The molecular weight excluding hydrogens is 544 g/mol. The van der Waals surface area contributed by atoms with Gasteiger partial charge in [0.25, 0.3) is 0 Å². The van der Waals surface area contributed by atoms with Gasteiger partial charge in [-0.2, -0.15) is 0 Å². The van der Waals surface area contributed by atoms with E-state index in [1.54, 1.807) is 0 Å². The monoisotopic (exact) mass is 580 g/mol. The van der Waals surface area contributed by atoms with E-state index >= 15 is 0 Å². The summed E-state index contributed by atoms with van der Waals surface area (Å²) >= 11 is 0. The van der Waals surface area contributed by atoms with Crippen LogP contribution in [0.5, 0.6) is 5.75 Å². The number of nitrogens with zero attached hydrogens (tertiary/aromatic N) is 1. The molecule has 0 radical (unpaired) electrons. The predicted octanol–water partition coefficient (Wildman–Crippen LogP) is -3.41. The average molecular weight is 581 g/mol. The van der Waals surface area contributed by atoms with Crippen LogP contribution in [0.2, 0.25) is 0 Å². The molecule has 0 saturated heterocycles. The topological polar surface area (TPSA) is 316 Å². The van der Waals surface area contributed by atoms with Gasteiger partial charge in [0.05, 0.1) is 12.5 Å². The van der Waals surface area contributed by atoms with Crippen LogP contribution in [0.25, 0.3) is 0 Å². The molecule has 17 nitrogen and oxygen atoms in total. The molecule has 41 heavy (non-hydrogen) atoms. The van der Waals surface area contributed by atoms with Crippen molar-refractivity contribution in [2.45, 2.75) is 62.7 Å². The quantitative estimate of drug-likeness (QED) is 0.0461. The Morgan fingerprint density at radius 3 is 1.90 bits per heavy atom. The number of carbonyl (C=O) groups excluding carboxylic acids is 4. The molecule has 0 spiro atoms. The Morgan fingerprint density at radius 2 is 1.37 bits per heavy atom. The summed E-state index contributed by atoms with van der Waals surface area (Å²) in [5.74, 6) is -6.59. The maximum absolute atomic E-state index is 13.3. The molecule has 0 aromatic heterocycles. The first-order valence-electron chi connectivity index (χ1n) is 12.4. The lowest BCUT2D eigenvalue weighted by Gasteiger charge is -2.25. The molecule has 0 saturated carbocycles. The highest BCUT2D eigenvalue weighted by Gasteiger charge is 2.31. The van der Waals surface area contributed by atoms with Crippen LogP contribution in [0.4, 0.5) is 0 Å². The number of nitrogens with one attached hydrogen (secondary N) is 3. The summed E-state index contributed by atoms with van der Waals surface area (Å²) in [6, 6.07) is 0.00519. The Labute approximate surface area is 234 Å². The van der Waals surface area contributed by atoms with Crippen molar-refractivity contribution >= 4 is 41.5 Å². The van der Waals surface area contributed by atoms with Crippen LogP contribution in [0.1, 0.15) is 37.7 Å². The maximum Gasteiger partial charge on any atom is 0.326 e. The largest absolute Gasteiger partial charge is 0.508 e. The zero-order chi connectivity index (χ0) is 31.1. The van der Waals surface area contributed by atoms with Crippen molar-refractivity contribution in [3.63, 3.8) is 0 Å². The van der Waals surface area contributed by atoms with Gasteiger partial charge in [0.1, 0.15) is 23.9 Å². The molecule has 4 atom stereocenters. The smallest absolute Gasteiger partial charge is 0.326 e. The van der Waals surface area contributed by atoms with Crippen LogP contribution in [0, 0.1) is 0 Å². The van der Waals surface area contributed by atoms with Crippen molar-refractivity contribution in [1.82, 2.24) is 16.0 Å². The van der Waals surface area contributed by atoms with Gasteiger partial charge >= 0.3 is 11.9 Å². The number of carboxylic acids is 2. The number of carbonyl (C=O) groups is 6. The summed E-state index contributed by atoms with van der Waals surface area (Å²) < 4.78 is 0. The lowest BCUT2D eigenvalue weighted by atomic mass is 10.0. The van der Waals surface area contributed by atoms with Gasteiger partial charge in [-0.1, -0.05) is 12.1 Å². The fraction of sp³-hybridized carbons (Fsp3) is 0.458. The SMILES string of the molecule is NC(=O)CC(NC(=O)C(Cc1ccc(O)cc1)NC(=O)C(CCCN=C(N)N)NC(=O)C(N)CCC(=O)O)C(=O)O. The van der Waals surface area contributed by atoms with E-state index in [9.17, 15) is 39.0 Å². The van der Waals surface area contributed by atoms with E-state index in [4.69, 9.17) is 28.0 Å². The maximum atomic E-state index is 13.3. The van der Waals surface area contributed by atoms with Gasteiger partial charge in [-0.3, -0.25) is 29.0 Å². The number of hydrogen-bond acceptors (Lipinski definition) is 9. The van der Waals surface area contributed by atoms with Crippen molar-refractivity contribution in [2.75, 3.05) is 6.54 Å². The Morgan fingerprint density at radius 1 is 0.805 bits per heavy atom. The summed E-state index contributed by atoms with van der Waals surface area (Å²) in [4.78, 5) is 76.4. The molecule has 1 rings (SSSR count). The number of phenols is 1. The van der Waals surface area contributed by atoms with Gasteiger partial charge in [0.15, 0.2) is 5.96 Å². The molecule has 0 aliphatic carbocycles. The van der Waals surface area contributed by atoms with E-state index in [1.807, 2.05) is 0 Å². The fourth-order valence-corrected chi connectivity index (χ4v) is 3.48. The van der Waals surface area contributed by atoms with E-state index in [0.29, 0.717) is 5.56 Å². The second kappa shape index (κ2) is 16.9. The third kappa shape index (κ3) is 13.6. The molecule has 1 aromatic rings. The molecule has 0 aliphatic heterocycles. The number of hydrogen-bond donors (Lipinski definition) is 10. The number of aliphatic imine (C=N–C) groups is 1. The summed E-state index contributed by atoms with van der Waals surface area (Å²) in [6.07, 6.45) is -1.29.